The summed E-state index contributed by atoms with van der Waals surface area (Å²) in [6, 6.07) is 17.2. The van der Waals surface area contributed by atoms with Crippen molar-refractivity contribution in [3.05, 3.63) is 75.8 Å². The summed E-state index contributed by atoms with van der Waals surface area (Å²) in [5.41, 5.74) is 9.02. The van der Waals surface area contributed by atoms with Crippen molar-refractivity contribution < 1.29 is 9.59 Å². The molecule has 2 aromatic carbocycles. The Morgan fingerprint density at radius 2 is 1.67 bits per heavy atom. The molecule has 1 aliphatic rings. The quantitative estimate of drug-likeness (QED) is 0.655. The lowest BCUT2D eigenvalue weighted by atomic mass is 10.1. The number of hydrogen-bond acceptors (Lipinski definition) is 4. The average molecular weight is 377 g/mol. The standard InChI is InChI=1S/C21H19N3O2S/c1-13-3-7-15(8-4-13)11-18-20(26)24(16-9-5-14(2)6-10-16)21(27-18)17(12-22)19(23)25/h3-10,18H,11H2,1-2H3,(H2,23,25)/b21-17-/t18-/m0/s1. The molecule has 1 aliphatic heterocycles. The van der Waals surface area contributed by atoms with Crippen molar-refractivity contribution in [2.24, 2.45) is 5.73 Å². The zero-order valence-corrected chi connectivity index (χ0v) is 15.9. The zero-order chi connectivity index (χ0) is 19.6. The molecule has 136 valence electrons. The van der Waals surface area contributed by atoms with Crippen LogP contribution < -0.4 is 10.6 Å². The molecular formula is C21H19N3O2S. The normalized spacial score (nSPS) is 18.3. The molecule has 1 fully saturated rings. The number of nitrogens with two attached hydrogens (primary N) is 1. The summed E-state index contributed by atoms with van der Waals surface area (Å²) in [4.78, 5) is 26.3. The number of thioether (sulfide) groups is 1. The van der Waals surface area contributed by atoms with Crippen LogP contribution in [0.1, 0.15) is 16.7 Å². The van der Waals surface area contributed by atoms with E-state index in [0.717, 1.165) is 16.7 Å². The number of benzene rings is 2. The van der Waals surface area contributed by atoms with Gasteiger partial charge in [-0.3, -0.25) is 14.5 Å². The van der Waals surface area contributed by atoms with Crippen molar-refractivity contribution in [3.63, 3.8) is 0 Å². The number of hydrogen-bond donors (Lipinski definition) is 1. The monoisotopic (exact) mass is 377 g/mol. The Hall–Kier alpha value is -3.04. The van der Waals surface area contributed by atoms with Gasteiger partial charge in [0.25, 0.3) is 5.91 Å². The fourth-order valence-electron chi connectivity index (χ4n) is 2.87. The van der Waals surface area contributed by atoms with Crippen molar-refractivity contribution in [3.8, 4) is 6.07 Å². The van der Waals surface area contributed by atoms with Gasteiger partial charge in [-0.1, -0.05) is 59.3 Å². The summed E-state index contributed by atoms with van der Waals surface area (Å²) >= 11 is 1.22. The summed E-state index contributed by atoms with van der Waals surface area (Å²) < 4.78 is 0. The predicted molar refractivity (Wildman–Crippen MR) is 107 cm³/mol. The summed E-state index contributed by atoms with van der Waals surface area (Å²) in [7, 11) is 0. The van der Waals surface area contributed by atoms with Gasteiger partial charge in [0.05, 0.1) is 5.25 Å². The molecule has 0 spiro atoms. The van der Waals surface area contributed by atoms with Gasteiger partial charge in [-0.05, 0) is 38.0 Å². The summed E-state index contributed by atoms with van der Waals surface area (Å²) in [6.45, 7) is 3.96. The predicted octanol–water partition coefficient (Wildman–Crippen LogP) is 3.22. The van der Waals surface area contributed by atoms with E-state index in [1.165, 1.54) is 16.7 Å². The van der Waals surface area contributed by atoms with Crippen LogP contribution in [0.25, 0.3) is 0 Å². The van der Waals surface area contributed by atoms with Crippen molar-refractivity contribution in [1.82, 2.24) is 0 Å². The van der Waals surface area contributed by atoms with E-state index in [9.17, 15) is 14.9 Å². The highest BCUT2D eigenvalue weighted by atomic mass is 32.2. The van der Waals surface area contributed by atoms with Gasteiger partial charge >= 0.3 is 0 Å². The fraction of sp³-hybridized carbons (Fsp3) is 0.190. The van der Waals surface area contributed by atoms with Crippen molar-refractivity contribution in [1.29, 1.82) is 5.26 Å². The number of carbonyl (C=O) groups excluding carboxylic acids is 2. The van der Waals surface area contributed by atoms with Gasteiger partial charge in [-0.2, -0.15) is 5.26 Å². The van der Waals surface area contributed by atoms with Gasteiger partial charge in [0, 0.05) is 5.69 Å². The minimum atomic E-state index is -0.833. The second-order valence-corrected chi connectivity index (χ2v) is 7.65. The highest BCUT2D eigenvalue weighted by Gasteiger charge is 2.40. The van der Waals surface area contributed by atoms with Gasteiger partial charge in [-0.15, -0.1) is 0 Å². The molecule has 0 aliphatic carbocycles. The highest BCUT2D eigenvalue weighted by molar-refractivity contribution is 8.05. The van der Waals surface area contributed by atoms with Crippen LogP contribution in [0.15, 0.2) is 59.1 Å². The van der Waals surface area contributed by atoms with Crippen LogP contribution >= 0.6 is 11.8 Å². The van der Waals surface area contributed by atoms with Gasteiger partial charge in [0.15, 0.2) is 0 Å². The summed E-state index contributed by atoms with van der Waals surface area (Å²) in [6.07, 6.45) is 0.507. The molecule has 2 amide bonds. The Labute approximate surface area is 162 Å². The van der Waals surface area contributed by atoms with Crippen molar-refractivity contribution in [2.75, 3.05) is 4.90 Å². The molecule has 5 nitrogen and oxygen atoms in total. The number of primary amides is 1. The number of anilines is 1. The Kier molecular flexibility index (Phi) is 5.33. The third-order valence-corrected chi connectivity index (χ3v) is 5.62. The summed E-state index contributed by atoms with van der Waals surface area (Å²) in [5.74, 6) is -0.991. The van der Waals surface area contributed by atoms with Crippen LogP contribution in [-0.2, 0) is 16.0 Å². The number of rotatable bonds is 4. The lowest BCUT2D eigenvalue weighted by Crippen LogP contribution is -2.31. The Bertz CT molecular complexity index is 956. The van der Waals surface area contributed by atoms with E-state index in [0.29, 0.717) is 17.1 Å². The topological polar surface area (TPSA) is 87.2 Å². The molecule has 1 heterocycles. The molecule has 27 heavy (non-hydrogen) atoms. The molecule has 6 heteroatoms. The largest absolute Gasteiger partial charge is 0.365 e. The molecule has 2 N–H and O–H groups in total. The molecule has 0 saturated carbocycles. The molecule has 2 aromatic rings. The van der Waals surface area contributed by atoms with E-state index >= 15 is 0 Å². The first-order chi connectivity index (χ1) is 12.9. The van der Waals surface area contributed by atoms with E-state index < -0.39 is 11.2 Å². The van der Waals surface area contributed by atoms with E-state index in [4.69, 9.17) is 5.73 Å². The third-order valence-electron chi connectivity index (χ3n) is 4.36. The third kappa shape index (κ3) is 3.88. The first-order valence-electron chi connectivity index (χ1n) is 8.47. The Morgan fingerprint density at radius 1 is 1.11 bits per heavy atom. The van der Waals surface area contributed by atoms with Crippen LogP contribution in [0.2, 0.25) is 0 Å². The SMILES string of the molecule is Cc1ccc(C[C@@H]2S/C(=C(/C#N)C(N)=O)N(c3ccc(C)cc3)C2=O)cc1. The number of carbonyl (C=O) groups is 2. The van der Waals surface area contributed by atoms with Gasteiger partial charge < -0.3 is 5.73 Å². The average Bonchev–Trinajstić information content (AvgIpc) is 2.94. The van der Waals surface area contributed by atoms with E-state index in [1.807, 2.05) is 56.3 Å². The van der Waals surface area contributed by atoms with Crippen molar-refractivity contribution >= 4 is 29.3 Å². The van der Waals surface area contributed by atoms with Gasteiger partial charge in [-0.25, -0.2) is 0 Å². The molecule has 0 aromatic heterocycles. The zero-order valence-electron chi connectivity index (χ0n) is 15.1. The van der Waals surface area contributed by atoms with E-state index in [2.05, 4.69) is 0 Å². The minimum absolute atomic E-state index is 0.159. The van der Waals surface area contributed by atoms with Gasteiger partial charge in [0.2, 0.25) is 5.91 Å². The van der Waals surface area contributed by atoms with Gasteiger partial charge in [0.1, 0.15) is 16.7 Å². The highest BCUT2D eigenvalue weighted by Crippen LogP contribution is 2.41. The van der Waals surface area contributed by atoms with Crippen LogP contribution in [-0.4, -0.2) is 17.1 Å². The van der Waals surface area contributed by atoms with Crippen LogP contribution in [0.4, 0.5) is 5.69 Å². The molecule has 1 saturated heterocycles. The second kappa shape index (κ2) is 7.68. The molecule has 0 bridgehead atoms. The molecule has 1 atom stereocenters. The minimum Gasteiger partial charge on any atom is -0.365 e. The first-order valence-corrected chi connectivity index (χ1v) is 9.35. The van der Waals surface area contributed by atoms with Crippen molar-refractivity contribution in [2.45, 2.75) is 25.5 Å². The molecule has 0 unspecified atom stereocenters. The van der Waals surface area contributed by atoms with Crippen LogP contribution in [0.5, 0.6) is 0 Å². The first kappa shape index (κ1) is 18.7. The Balaban J connectivity index is 2.01. The molecule has 0 radical (unpaired) electrons. The fourth-order valence-corrected chi connectivity index (χ4v) is 4.18. The lowest BCUT2D eigenvalue weighted by Gasteiger charge is -2.18. The number of aryl methyl sites for hydroxylation is 2. The summed E-state index contributed by atoms with van der Waals surface area (Å²) in [5, 5.41) is 9.28. The number of amides is 2. The number of nitriles is 1. The molecule has 3 rings (SSSR count). The maximum absolute atomic E-state index is 13.1. The smallest absolute Gasteiger partial charge is 0.262 e. The van der Waals surface area contributed by atoms with E-state index in [1.54, 1.807) is 12.1 Å². The van der Waals surface area contributed by atoms with Crippen LogP contribution in [0, 0.1) is 25.2 Å². The number of nitrogens with zero attached hydrogens (tertiary/aromatic N) is 2. The van der Waals surface area contributed by atoms with E-state index in [-0.39, 0.29) is 11.5 Å². The van der Waals surface area contributed by atoms with Crippen LogP contribution in [0.3, 0.4) is 0 Å². The maximum atomic E-state index is 13.1. The Morgan fingerprint density at radius 3 is 2.19 bits per heavy atom. The maximum Gasteiger partial charge on any atom is 0.262 e. The molecular weight excluding hydrogens is 358 g/mol. The second-order valence-electron chi connectivity index (χ2n) is 6.46. The lowest BCUT2D eigenvalue weighted by molar-refractivity contribution is -0.117.